The SMILES string of the molecule is NCC1CCN(C(=O)C2CCCCCC2)CC1. The Morgan fingerprint density at radius 1 is 1.00 bits per heavy atom. The van der Waals surface area contributed by atoms with Crippen LogP contribution in [0.1, 0.15) is 51.4 Å². The zero-order chi connectivity index (χ0) is 12.1. The maximum Gasteiger partial charge on any atom is 0.225 e. The summed E-state index contributed by atoms with van der Waals surface area (Å²) in [4.78, 5) is 14.5. The van der Waals surface area contributed by atoms with E-state index in [1.54, 1.807) is 0 Å². The summed E-state index contributed by atoms with van der Waals surface area (Å²) in [6.45, 7) is 2.67. The van der Waals surface area contributed by atoms with Gasteiger partial charge >= 0.3 is 0 Å². The molecule has 0 aromatic rings. The lowest BCUT2D eigenvalue weighted by molar-refractivity contribution is -0.137. The monoisotopic (exact) mass is 238 g/mol. The van der Waals surface area contributed by atoms with Gasteiger partial charge in [0.25, 0.3) is 0 Å². The topological polar surface area (TPSA) is 46.3 Å². The van der Waals surface area contributed by atoms with E-state index in [1.165, 1.54) is 25.7 Å². The molecule has 0 aromatic carbocycles. The Balaban J connectivity index is 1.82. The maximum absolute atomic E-state index is 12.4. The molecule has 1 saturated heterocycles. The first-order chi connectivity index (χ1) is 8.31. The van der Waals surface area contributed by atoms with Gasteiger partial charge in [-0.05, 0) is 38.1 Å². The van der Waals surface area contributed by atoms with Crippen LogP contribution in [-0.2, 0) is 4.79 Å². The van der Waals surface area contributed by atoms with Crippen LogP contribution in [0.3, 0.4) is 0 Å². The quantitative estimate of drug-likeness (QED) is 0.749. The van der Waals surface area contributed by atoms with E-state index < -0.39 is 0 Å². The van der Waals surface area contributed by atoms with Crippen LogP contribution < -0.4 is 5.73 Å². The van der Waals surface area contributed by atoms with Crippen molar-refractivity contribution in [2.45, 2.75) is 51.4 Å². The van der Waals surface area contributed by atoms with E-state index in [9.17, 15) is 4.79 Å². The molecule has 0 aromatic heterocycles. The van der Waals surface area contributed by atoms with Crippen LogP contribution in [-0.4, -0.2) is 30.4 Å². The number of hydrogen-bond donors (Lipinski definition) is 1. The van der Waals surface area contributed by atoms with Gasteiger partial charge < -0.3 is 10.6 Å². The molecule has 3 heteroatoms. The van der Waals surface area contributed by atoms with Gasteiger partial charge in [0, 0.05) is 19.0 Å². The third-order valence-electron chi connectivity index (χ3n) is 4.46. The third-order valence-corrected chi connectivity index (χ3v) is 4.46. The highest BCUT2D eigenvalue weighted by Gasteiger charge is 2.27. The van der Waals surface area contributed by atoms with E-state index in [-0.39, 0.29) is 0 Å². The van der Waals surface area contributed by atoms with Crippen LogP contribution in [0.4, 0.5) is 0 Å². The van der Waals surface area contributed by atoms with Crippen molar-refractivity contribution in [3.63, 3.8) is 0 Å². The summed E-state index contributed by atoms with van der Waals surface area (Å²) in [6.07, 6.45) is 9.58. The van der Waals surface area contributed by atoms with Crippen molar-refractivity contribution >= 4 is 5.91 Å². The number of nitrogens with zero attached hydrogens (tertiary/aromatic N) is 1. The van der Waals surface area contributed by atoms with Gasteiger partial charge in [-0.25, -0.2) is 0 Å². The van der Waals surface area contributed by atoms with Crippen LogP contribution in [0.5, 0.6) is 0 Å². The first-order valence-electron chi connectivity index (χ1n) is 7.30. The van der Waals surface area contributed by atoms with Crippen LogP contribution in [0.15, 0.2) is 0 Å². The molecule has 3 nitrogen and oxygen atoms in total. The van der Waals surface area contributed by atoms with E-state index in [2.05, 4.69) is 4.90 Å². The van der Waals surface area contributed by atoms with Crippen LogP contribution in [0, 0.1) is 11.8 Å². The Morgan fingerprint density at radius 2 is 1.59 bits per heavy atom. The van der Waals surface area contributed by atoms with Gasteiger partial charge in [-0.1, -0.05) is 25.7 Å². The number of rotatable bonds is 2. The van der Waals surface area contributed by atoms with Crippen LogP contribution in [0.2, 0.25) is 0 Å². The van der Waals surface area contributed by atoms with Gasteiger partial charge in [0.1, 0.15) is 0 Å². The van der Waals surface area contributed by atoms with Crippen molar-refractivity contribution in [1.29, 1.82) is 0 Å². The number of hydrogen-bond acceptors (Lipinski definition) is 2. The Labute approximate surface area is 105 Å². The molecule has 0 unspecified atom stereocenters. The van der Waals surface area contributed by atoms with Crippen molar-refractivity contribution in [1.82, 2.24) is 4.90 Å². The van der Waals surface area contributed by atoms with E-state index in [0.29, 0.717) is 17.7 Å². The molecule has 2 N–H and O–H groups in total. The molecule has 1 amide bonds. The predicted molar refractivity (Wildman–Crippen MR) is 69.6 cm³/mol. The fourth-order valence-corrected chi connectivity index (χ4v) is 3.17. The fraction of sp³-hybridized carbons (Fsp3) is 0.929. The van der Waals surface area contributed by atoms with Crippen molar-refractivity contribution < 1.29 is 4.79 Å². The highest BCUT2D eigenvalue weighted by molar-refractivity contribution is 5.78. The molecule has 17 heavy (non-hydrogen) atoms. The standard InChI is InChI=1S/C14H26N2O/c15-11-12-7-9-16(10-8-12)14(17)13-5-3-1-2-4-6-13/h12-13H,1-11,15H2. The second-order valence-electron chi connectivity index (χ2n) is 5.69. The third kappa shape index (κ3) is 3.44. The maximum atomic E-state index is 12.4. The van der Waals surface area contributed by atoms with Gasteiger partial charge in [0.05, 0.1) is 0 Å². The van der Waals surface area contributed by atoms with Gasteiger partial charge in [-0.2, -0.15) is 0 Å². The smallest absolute Gasteiger partial charge is 0.225 e. The molecule has 2 aliphatic rings. The van der Waals surface area contributed by atoms with Crippen LogP contribution >= 0.6 is 0 Å². The summed E-state index contributed by atoms with van der Waals surface area (Å²) in [6, 6.07) is 0. The second kappa shape index (κ2) is 6.39. The molecule has 0 bridgehead atoms. The van der Waals surface area contributed by atoms with E-state index in [4.69, 9.17) is 5.73 Å². The lowest BCUT2D eigenvalue weighted by atomic mass is 9.93. The van der Waals surface area contributed by atoms with Gasteiger partial charge in [0.15, 0.2) is 0 Å². The number of piperidine rings is 1. The molecule has 2 fully saturated rings. The average molecular weight is 238 g/mol. The number of carbonyl (C=O) groups is 1. The minimum Gasteiger partial charge on any atom is -0.342 e. The highest BCUT2D eigenvalue weighted by Crippen LogP contribution is 2.26. The van der Waals surface area contributed by atoms with Crippen molar-refractivity contribution in [3.05, 3.63) is 0 Å². The van der Waals surface area contributed by atoms with Crippen LogP contribution in [0.25, 0.3) is 0 Å². The second-order valence-corrected chi connectivity index (χ2v) is 5.69. The average Bonchev–Trinajstić information content (AvgIpc) is 2.67. The van der Waals surface area contributed by atoms with Gasteiger partial charge in [-0.3, -0.25) is 4.79 Å². The van der Waals surface area contributed by atoms with Crippen molar-refractivity contribution in [2.75, 3.05) is 19.6 Å². The number of likely N-dealkylation sites (tertiary alicyclic amines) is 1. The van der Waals surface area contributed by atoms with Crippen molar-refractivity contribution in [2.24, 2.45) is 17.6 Å². The predicted octanol–water partition coefficient (Wildman–Crippen LogP) is 2.15. The zero-order valence-corrected chi connectivity index (χ0v) is 10.9. The normalized spacial score (nSPS) is 24.6. The Hall–Kier alpha value is -0.570. The Bertz CT molecular complexity index is 239. The van der Waals surface area contributed by atoms with Gasteiger partial charge in [0.2, 0.25) is 5.91 Å². The molecule has 1 heterocycles. The lowest BCUT2D eigenvalue weighted by Crippen LogP contribution is -2.42. The molecule has 2 rings (SSSR count). The number of nitrogens with two attached hydrogens (primary N) is 1. The first kappa shape index (κ1) is 12.9. The van der Waals surface area contributed by atoms with E-state index >= 15 is 0 Å². The molecular formula is C14H26N2O. The molecule has 1 aliphatic carbocycles. The molecule has 98 valence electrons. The number of amides is 1. The van der Waals surface area contributed by atoms with E-state index in [1.807, 2.05) is 0 Å². The Kier molecular flexibility index (Phi) is 4.84. The van der Waals surface area contributed by atoms with Gasteiger partial charge in [-0.15, -0.1) is 0 Å². The molecule has 0 spiro atoms. The minimum atomic E-state index is 0.326. The highest BCUT2D eigenvalue weighted by atomic mass is 16.2. The summed E-state index contributed by atoms with van der Waals surface area (Å²) in [5.74, 6) is 1.41. The molecule has 1 aliphatic heterocycles. The zero-order valence-electron chi connectivity index (χ0n) is 10.9. The summed E-state index contributed by atoms with van der Waals surface area (Å²) in [5, 5.41) is 0. The fourth-order valence-electron chi connectivity index (χ4n) is 3.17. The summed E-state index contributed by atoms with van der Waals surface area (Å²) in [5.41, 5.74) is 5.68. The molecular weight excluding hydrogens is 212 g/mol. The molecule has 0 atom stereocenters. The molecule has 1 saturated carbocycles. The summed E-state index contributed by atoms with van der Waals surface area (Å²) in [7, 11) is 0. The molecule has 0 radical (unpaired) electrons. The Morgan fingerprint density at radius 3 is 2.12 bits per heavy atom. The summed E-state index contributed by atoms with van der Waals surface area (Å²) >= 11 is 0. The minimum absolute atomic E-state index is 0.326. The number of carbonyl (C=O) groups excluding carboxylic acids is 1. The van der Waals surface area contributed by atoms with E-state index in [0.717, 1.165) is 45.3 Å². The lowest BCUT2D eigenvalue weighted by Gasteiger charge is -2.33. The first-order valence-corrected chi connectivity index (χ1v) is 7.30. The summed E-state index contributed by atoms with van der Waals surface area (Å²) < 4.78 is 0. The largest absolute Gasteiger partial charge is 0.342 e. The van der Waals surface area contributed by atoms with Crippen molar-refractivity contribution in [3.8, 4) is 0 Å².